The first kappa shape index (κ1) is 15.0. The Balaban J connectivity index is 2.33. The average Bonchev–Trinajstić information content (AvgIpc) is 2.47. The van der Waals surface area contributed by atoms with Crippen molar-refractivity contribution in [3.05, 3.63) is 29.8 Å². The van der Waals surface area contributed by atoms with E-state index in [0.717, 1.165) is 12.8 Å². The zero-order valence-corrected chi connectivity index (χ0v) is 12.2. The Morgan fingerprint density at radius 2 is 2.15 bits per heavy atom. The van der Waals surface area contributed by atoms with Gasteiger partial charge in [-0.2, -0.15) is 9.57 Å². The lowest BCUT2D eigenvalue weighted by Gasteiger charge is -2.33. The van der Waals surface area contributed by atoms with E-state index in [0.29, 0.717) is 13.1 Å². The van der Waals surface area contributed by atoms with E-state index >= 15 is 0 Å². The third kappa shape index (κ3) is 2.85. The SMILES string of the molecule is CC(O)C1CCCN(S(=O)(=O)c2ccccc2C#N)C1. The minimum absolute atomic E-state index is 0.0484. The van der Waals surface area contributed by atoms with Gasteiger partial charge in [0, 0.05) is 13.1 Å². The standard InChI is InChI=1S/C14H18N2O3S/c1-11(17)13-6-4-8-16(10-13)20(18,19)14-7-3-2-5-12(14)9-15/h2-3,5,7,11,13,17H,4,6,8,10H2,1H3. The van der Waals surface area contributed by atoms with E-state index in [2.05, 4.69) is 0 Å². The van der Waals surface area contributed by atoms with Crippen molar-refractivity contribution >= 4 is 10.0 Å². The predicted molar refractivity (Wildman–Crippen MR) is 74.3 cm³/mol. The molecule has 6 heteroatoms. The van der Waals surface area contributed by atoms with E-state index in [4.69, 9.17) is 5.26 Å². The number of nitriles is 1. The number of sulfonamides is 1. The molecule has 1 aliphatic rings. The highest BCUT2D eigenvalue weighted by atomic mass is 32.2. The van der Waals surface area contributed by atoms with Crippen LogP contribution in [-0.2, 0) is 10.0 Å². The van der Waals surface area contributed by atoms with Crippen LogP contribution in [0.3, 0.4) is 0 Å². The zero-order valence-electron chi connectivity index (χ0n) is 11.4. The molecule has 108 valence electrons. The number of nitrogens with zero attached hydrogens (tertiary/aromatic N) is 2. The highest BCUT2D eigenvalue weighted by Crippen LogP contribution is 2.26. The average molecular weight is 294 g/mol. The van der Waals surface area contributed by atoms with Crippen LogP contribution in [0.5, 0.6) is 0 Å². The van der Waals surface area contributed by atoms with Crippen LogP contribution in [0.15, 0.2) is 29.2 Å². The summed E-state index contributed by atoms with van der Waals surface area (Å²) in [5.41, 5.74) is 0.159. The van der Waals surface area contributed by atoms with E-state index in [9.17, 15) is 13.5 Å². The fraction of sp³-hybridized carbons (Fsp3) is 0.500. The lowest BCUT2D eigenvalue weighted by atomic mass is 9.95. The van der Waals surface area contributed by atoms with Gasteiger partial charge in [0.25, 0.3) is 0 Å². The molecular weight excluding hydrogens is 276 g/mol. The highest BCUT2D eigenvalue weighted by Gasteiger charge is 2.33. The number of rotatable bonds is 3. The lowest BCUT2D eigenvalue weighted by Crippen LogP contribution is -2.43. The molecule has 1 N–H and O–H groups in total. The summed E-state index contributed by atoms with van der Waals surface area (Å²) in [7, 11) is -3.67. The summed E-state index contributed by atoms with van der Waals surface area (Å²) < 4.78 is 26.6. The smallest absolute Gasteiger partial charge is 0.244 e. The molecule has 0 aliphatic carbocycles. The van der Waals surface area contributed by atoms with E-state index in [-0.39, 0.29) is 16.4 Å². The van der Waals surface area contributed by atoms with Crippen molar-refractivity contribution in [1.29, 1.82) is 5.26 Å². The summed E-state index contributed by atoms with van der Waals surface area (Å²) >= 11 is 0. The maximum atomic E-state index is 12.6. The van der Waals surface area contributed by atoms with E-state index < -0.39 is 16.1 Å². The fourth-order valence-corrected chi connectivity index (χ4v) is 4.19. The van der Waals surface area contributed by atoms with Gasteiger partial charge in [0.05, 0.1) is 16.6 Å². The normalized spacial score (nSPS) is 22.1. The molecule has 1 aliphatic heterocycles. The first-order chi connectivity index (χ1) is 9.46. The van der Waals surface area contributed by atoms with E-state index in [1.54, 1.807) is 19.1 Å². The number of hydrogen-bond acceptors (Lipinski definition) is 4. The molecule has 1 saturated heterocycles. The van der Waals surface area contributed by atoms with Crippen molar-refractivity contribution in [2.45, 2.75) is 30.8 Å². The summed E-state index contributed by atoms with van der Waals surface area (Å²) in [4.78, 5) is 0.0498. The maximum Gasteiger partial charge on any atom is 0.244 e. The highest BCUT2D eigenvalue weighted by molar-refractivity contribution is 7.89. The van der Waals surface area contributed by atoms with Gasteiger partial charge in [0.15, 0.2) is 0 Å². The second-order valence-electron chi connectivity index (χ2n) is 5.11. The van der Waals surface area contributed by atoms with Gasteiger partial charge in [-0.05, 0) is 37.8 Å². The lowest BCUT2D eigenvalue weighted by molar-refractivity contribution is 0.0885. The second-order valence-corrected chi connectivity index (χ2v) is 7.02. The van der Waals surface area contributed by atoms with Gasteiger partial charge in [0.1, 0.15) is 6.07 Å². The third-order valence-electron chi connectivity index (χ3n) is 3.73. The quantitative estimate of drug-likeness (QED) is 0.912. The fourth-order valence-electron chi connectivity index (χ4n) is 2.51. The molecule has 0 bridgehead atoms. The molecule has 2 unspecified atom stereocenters. The summed E-state index contributed by atoms with van der Waals surface area (Å²) in [6.45, 7) is 2.43. The van der Waals surface area contributed by atoms with Crippen LogP contribution in [0.1, 0.15) is 25.3 Å². The molecule has 0 aromatic heterocycles. The van der Waals surface area contributed by atoms with Gasteiger partial charge in [-0.25, -0.2) is 8.42 Å². The minimum Gasteiger partial charge on any atom is -0.393 e. The summed E-state index contributed by atoms with van der Waals surface area (Å²) in [6.07, 6.45) is 1.02. The van der Waals surface area contributed by atoms with Gasteiger partial charge in [-0.15, -0.1) is 0 Å². The summed E-state index contributed by atoms with van der Waals surface area (Å²) in [5, 5.41) is 18.7. The van der Waals surface area contributed by atoms with Crippen LogP contribution in [0.2, 0.25) is 0 Å². The number of piperidine rings is 1. The van der Waals surface area contributed by atoms with Crippen LogP contribution in [0, 0.1) is 17.2 Å². The van der Waals surface area contributed by atoms with Crippen molar-refractivity contribution in [3.63, 3.8) is 0 Å². The molecule has 1 aromatic rings. The number of aliphatic hydroxyl groups is 1. The summed E-state index contributed by atoms with van der Waals surface area (Å²) in [5.74, 6) is -0.0484. The Morgan fingerprint density at radius 3 is 2.80 bits per heavy atom. The van der Waals surface area contributed by atoms with Crippen molar-refractivity contribution in [2.75, 3.05) is 13.1 Å². The first-order valence-corrected chi connectivity index (χ1v) is 8.08. The Hall–Kier alpha value is -1.42. The molecule has 1 fully saturated rings. The molecule has 0 saturated carbocycles. The van der Waals surface area contributed by atoms with Crippen LogP contribution < -0.4 is 0 Å². The first-order valence-electron chi connectivity index (χ1n) is 6.64. The summed E-state index contributed by atoms with van der Waals surface area (Å²) in [6, 6.07) is 8.14. The maximum absolute atomic E-state index is 12.6. The van der Waals surface area contributed by atoms with Crippen molar-refractivity contribution < 1.29 is 13.5 Å². The molecule has 5 nitrogen and oxygen atoms in total. The molecule has 1 heterocycles. The van der Waals surface area contributed by atoms with Crippen LogP contribution >= 0.6 is 0 Å². The Labute approximate surface area is 119 Å². The molecule has 20 heavy (non-hydrogen) atoms. The Kier molecular flexibility index (Phi) is 4.43. The van der Waals surface area contributed by atoms with Crippen molar-refractivity contribution in [1.82, 2.24) is 4.31 Å². The van der Waals surface area contributed by atoms with Crippen LogP contribution in [-0.4, -0.2) is 37.0 Å². The zero-order chi connectivity index (χ0) is 14.8. The minimum atomic E-state index is -3.67. The molecule has 2 rings (SSSR count). The third-order valence-corrected chi connectivity index (χ3v) is 5.65. The van der Waals surface area contributed by atoms with Gasteiger partial charge < -0.3 is 5.11 Å². The monoisotopic (exact) mass is 294 g/mol. The topological polar surface area (TPSA) is 81.4 Å². The molecular formula is C14H18N2O3S. The van der Waals surface area contributed by atoms with Gasteiger partial charge >= 0.3 is 0 Å². The van der Waals surface area contributed by atoms with Gasteiger partial charge in [-0.3, -0.25) is 0 Å². The van der Waals surface area contributed by atoms with Crippen LogP contribution in [0.4, 0.5) is 0 Å². The van der Waals surface area contributed by atoms with E-state index in [1.807, 2.05) is 6.07 Å². The molecule has 0 spiro atoms. The Morgan fingerprint density at radius 1 is 1.45 bits per heavy atom. The number of aliphatic hydroxyl groups excluding tert-OH is 1. The molecule has 0 radical (unpaired) electrons. The predicted octanol–water partition coefficient (Wildman–Crippen LogP) is 1.34. The number of benzene rings is 1. The molecule has 2 atom stereocenters. The molecule has 1 aromatic carbocycles. The van der Waals surface area contributed by atoms with Gasteiger partial charge in [0.2, 0.25) is 10.0 Å². The van der Waals surface area contributed by atoms with Crippen molar-refractivity contribution in [2.24, 2.45) is 5.92 Å². The number of hydrogen-bond donors (Lipinski definition) is 1. The van der Waals surface area contributed by atoms with E-state index in [1.165, 1.54) is 16.4 Å². The molecule has 0 amide bonds. The van der Waals surface area contributed by atoms with Crippen LogP contribution in [0.25, 0.3) is 0 Å². The Bertz CT molecular complexity index is 620. The van der Waals surface area contributed by atoms with Crippen molar-refractivity contribution in [3.8, 4) is 6.07 Å². The largest absolute Gasteiger partial charge is 0.393 e. The van der Waals surface area contributed by atoms with Gasteiger partial charge in [-0.1, -0.05) is 12.1 Å². The second kappa shape index (κ2) is 5.92.